The molecule has 9 heteroatoms. The van der Waals surface area contributed by atoms with Gasteiger partial charge in [-0.1, -0.05) is 69.2 Å². The Morgan fingerprint density at radius 2 is 1.69 bits per heavy atom. The number of nitrogens with one attached hydrogen (secondary N) is 2. The van der Waals surface area contributed by atoms with Crippen molar-refractivity contribution in [2.24, 2.45) is 5.73 Å². The Morgan fingerprint density at radius 3 is 2.41 bits per heavy atom. The van der Waals surface area contributed by atoms with Crippen molar-refractivity contribution < 1.29 is 14.7 Å². The standard InChI is InChI=1S/C30H42N6O3/c1-3-5-11-27-34-28(12-6-4-2)36(35-27)21-22-13-15-23(16-14-22)24-9-7-8-10-25(24)29(37)33-20-19-32-18-17-26(31)30(38)39/h7-10,13-16,26,32H,3-6,11-12,17-21,31H2,1-2H3,(H,33,37)(H,38,39). The zero-order valence-electron chi connectivity index (χ0n) is 23.2. The minimum Gasteiger partial charge on any atom is -0.480 e. The first-order chi connectivity index (χ1) is 18.9. The maximum absolute atomic E-state index is 12.9. The van der Waals surface area contributed by atoms with Crippen molar-refractivity contribution in [3.8, 4) is 11.1 Å². The first-order valence-corrected chi connectivity index (χ1v) is 14.0. The van der Waals surface area contributed by atoms with Gasteiger partial charge in [0.05, 0.1) is 6.54 Å². The van der Waals surface area contributed by atoms with E-state index in [1.165, 1.54) is 0 Å². The largest absolute Gasteiger partial charge is 0.480 e. The molecule has 5 N–H and O–H groups in total. The van der Waals surface area contributed by atoms with Gasteiger partial charge in [0.1, 0.15) is 11.9 Å². The zero-order valence-corrected chi connectivity index (χ0v) is 23.2. The molecule has 0 bridgehead atoms. The molecule has 39 heavy (non-hydrogen) atoms. The number of nitrogens with zero attached hydrogens (tertiary/aromatic N) is 3. The molecule has 3 aromatic rings. The van der Waals surface area contributed by atoms with Gasteiger partial charge in [-0.05, 0) is 48.6 Å². The number of carboxylic acids is 1. The topological polar surface area (TPSA) is 135 Å². The summed E-state index contributed by atoms with van der Waals surface area (Å²) in [5.41, 5.74) is 9.09. The van der Waals surface area contributed by atoms with Gasteiger partial charge in [-0.3, -0.25) is 9.59 Å². The summed E-state index contributed by atoms with van der Waals surface area (Å²) in [6, 6.07) is 15.0. The molecule has 0 saturated carbocycles. The molecule has 0 saturated heterocycles. The Labute approximate surface area is 231 Å². The zero-order chi connectivity index (χ0) is 28.0. The fourth-order valence-corrected chi connectivity index (χ4v) is 4.27. The van der Waals surface area contributed by atoms with Crippen molar-refractivity contribution in [1.82, 2.24) is 25.4 Å². The van der Waals surface area contributed by atoms with Crippen LogP contribution >= 0.6 is 0 Å². The van der Waals surface area contributed by atoms with Gasteiger partial charge in [0.25, 0.3) is 5.91 Å². The number of nitrogens with two attached hydrogens (primary N) is 1. The van der Waals surface area contributed by atoms with E-state index in [0.29, 0.717) is 38.2 Å². The second-order valence-corrected chi connectivity index (χ2v) is 9.79. The molecule has 9 nitrogen and oxygen atoms in total. The summed E-state index contributed by atoms with van der Waals surface area (Å²) in [5.74, 6) is 0.815. The Balaban J connectivity index is 1.61. The van der Waals surface area contributed by atoms with Crippen LogP contribution in [0.5, 0.6) is 0 Å². The molecule has 0 aliphatic rings. The molecule has 0 spiro atoms. The van der Waals surface area contributed by atoms with Gasteiger partial charge in [0.15, 0.2) is 5.82 Å². The average Bonchev–Trinajstić information content (AvgIpc) is 3.33. The summed E-state index contributed by atoms with van der Waals surface area (Å²) >= 11 is 0. The number of carbonyl (C=O) groups is 2. The number of aryl methyl sites for hydroxylation is 2. The van der Waals surface area contributed by atoms with Crippen LogP contribution in [0.2, 0.25) is 0 Å². The number of benzene rings is 2. The van der Waals surface area contributed by atoms with Crippen molar-refractivity contribution in [2.45, 2.75) is 71.4 Å². The Kier molecular flexibility index (Phi) is 12.1. The van der Waals surface area contributed by atoms with E-state index in [1.807, 2.05) is 28.9 Å². The van der Waals surface area contributed by atoms with E-state index in [2.05, 4.69) is 48.7 Å². The SMILES string of the molecule is CCCCc1nc(CCCC)n(Cc2ccc(-c3ccccc3C(=O)NCCNCCC(N)C(=O)O)cc2)n1. The lowest BCUT2D eigenvalue weighted by atomic mass is 9.98. The summed E-state index contributed by atoms with van der Waals surface area (Å²) in [5, 5.41) is 19.7. The predicted octanol–water partition coefficient (Wildman–Crippen LogP) is 3.80. The molecule has 1 amide bonds. The fourth-order valence-electron chi connectivity index (χ4n) is 4.27. The van der Waals surface area contributed by atoms with E-state index in [1.54, 1.807) is 0 Å². The lowest BCUT2D eigenvalue weighted by molar-refractivity contribution is -0.138. The van der Waals surface area contributed by atoms with Crippen molar-refractivity contribution in [2.75, 3.05) is 19.6 Å². The van der Waals surface area contributed by atoms with E-state index < -0.39 is 12.0 Å². The third-order valence-corrected chi connectivity index (χ3v) is 6.61. The molecule has 3 rings (SSSR count). The molecule has 0 fully saturated rings. The minimum atomic E-state index is -1.01. The maximum Gasteiger partial charge on any atom is 0.320 e. The van der Waals surface area contributed by atoms with Gasteiger partial charge >= 0.3 is 5.97 Å². The highest BCUT2D eigenvalue weighted by Gasteiger charge is 2.14. The van der Waals surface area contributed by atoms with Gasteiger partial charge in [0.2, 0.25) is 0 Å². The van der Waals surface area contributed by atoms with Crippen LogP contribution in [0.1, 0.15) is 73.5 Å². The number of unbranched alkanes of at least 4 members (excludes halogenated alkanes) is 2. The monoisotopic (exact) mass is 534 g/mol. The lowest BCUT2D eigenvalue weighted by Gasteiger charge is -2.12. The number of aliphatic carboxylic acids is 1. The molecular formula is C30H42N6O3. The normalized spacial score (nSPS) is 11.9. The molecule has 1 atom stereocenters. The highest BCUT2D eigenvalue weighted by molar-refractivity contribution is 6.00. The second kappa shape index (κ2) is 15.8. The van der Waals surface area contributed by atoms with Crippen LogP contribution in [0.15, 0.2) is 48.5 Å². The highest BCUT2D eigenvalue weighted by atomic mass is 16.4. The van der Waals surface area contributed by atoms with Crippen LogP contribution in [0, 0.1) is 0 Å². The molecule has 2 aromatic carbocycles. The van der Waals surface area contributed by atoms with Gasteiger partial charge in [-0.25, -0.2) is 9.67 Å². The van der Waals surface area contributed by atoms with Gasteiger partial charge < -0.3 is 21.5 Å². The molecule has 1 unspecified atom stereocenters. The van der Waals surface area contributed by atoms with E-state index in [9.17, 15) is 9.59 Å². The summed E-state index contributed by atoms with van der Waals surface area (Å²) < 4.78 is 2.04. The molecule has 0 aliphatic heterocycles. The number of carbonyl (C=O) groups excluding carboxylic acids is 1. The smallest absolute Gasteiger partial charge is 0.320 e. The number of carboxylic acid groups (broad SMARTS) is 1. The first-order valence-electron chi connectivity index (χ1n) is 14.0. The van der Waals surface area contributed by atoms with Crippen molar-refractivity contribution in [3.05, 3.63) is 71.3 Å². The predicted molar refractivity (Wildman–Crippen MR) is 154 cm³/mol. The lowest BCUT2D eigenvalue weighted by Crippen LogP contribution is -2.36. The van der Waals surface area contributed by atoms with Crippen molar-refractivity contribution in [3.63, 3.8) is 0 Å². The van der Waals surface area contributed by atoms with Crippen LogP contribution in [0.25, 0.3) is 11.1 Å². The fraction of sp³-hybridized carbons (Fsp3) is 0.467. The quantitative estimate of drug-likeness (QED) is 0.193. The molecule has 210 valence electrons. The summed E-state index contributed by atoms with van der Waals surface area (Å²) in [6.07, 6.45) is 6.61. The summed E-state index contributed by atoms with van der Waals surface area (Å²) in [4.78, 5) is 28.5. The van der Waals surface area contributed by atoms with Crippen molar-refractivity contribution >= 4 is 11.9 Å². The first kappa shape index (κ1) is 30.0. The van der Waals surface area contributed by atoms with Crippen LogP contribution in [-0.4, -0.2) is 57.4 Å². The molecular weight excluding hydrogens is 492 g/mol. The highest BCUT2D eigenvalue weighted by Crippen LogP contribution is 2.24. The average molecular weight is 535 g/mol. The van der Waals surface area contributed by atoms with E-state index in [-0.39, 0.29) is 5.91 Å². The van der Waals surface area contributed by atoms with Gasteiger partial charge in [-0.15, -0.1) is 0 Å². The minimum absolute atomic E-state index is 0.151. The number of hydrogen-bond acceptors (Lipinski definition) is 6. The number of rotatable bonds is 17. The van der Waals surface area contributed by atoms with Gasteiger partial charge in [-0.2, -0.15) is 5.10 Å². The van der Waals surface area contributed by atoms with E-state index in [4.69, 9.17) is 20.9 Å². The Hall–Kier alpha value is -3.56. The van der Waals surface area contributed by atoms with Crippen LogP contribution in [-0.2, 0) is 24.2 Å². The number of aromatic nitrogens is 3. The van der Waals surface area contributed by atoms with Crippen LogP contribution in [0.3, 0.4) is 0 Å². The molecule has 0 aliphatic carbocycles. The number of hydrogen-bond donors (Lipinski definition) is 4. The van der Waals surface area contributed by atoms with Gasteiger partial charge in [0, 0.05) is 31.5 Å². The molecule has 1 aromatic heterocycles. The second-order valence-electron chi connectivity index (χ2n) is 9.79. The van der Waals surface area contributed by atoms with Crippen molar-refractivity contribution in [1.29, 1.82) is 0 Å². The number of amides is 1. The van der Waals surface area contributed by atoms with E-state index >= 15 is 0 Å². The Bertz CT molecular complexity index is 1190. The molecule has 1 heterocycles. The van der Waals surface area contributed by atoms with E-state index in [0.717, 1.165) is 66.9 Å². The Morgan fingerprint density at radius 1 is 0.974 bits per heavy atom. The molecule has 0 radical (unpaired) electrons. The summed E-state index contributed by atoms with van der Waals surface area (Å²) in [6.45, 7) is 6.46. The van der Waals surface area contributed by atoms with Crippen LogP contribution < -0.4 is 16.4 Å². The maximum atomic E-state index is 12.9. The third kappa shape index (κ3) is 9.30. The third-order valence-electron chi connectivity index (χ3n) is 6.61. The van der Waals surface area contributed by atoms with Crippen LogP contribution in [0.4, 0.5) is 0 Å². The summed E-state index contributed by atoms with van der Waals surface area (Å²) in [7, 11) is 0.